The average molecular weight is 266 g/mol. The first-order valence-corrected chi connectivity index (χ1v) is 6.37. The lowest BCUT2D eigenvalue weighted by Gasteiger charge is -2.05. The molecule has 2 rings (SSSR count). The second-order valence-electron chi connectivity index (χ2n) is 3.96. The van der Waals surface area contributed by atoms with Crippen LogP contribution in [0.3, 0.4) is 0 Å². The van der Waals surface area contributed by atoms with E-state index in [9.17, 15) is 4.79 Å². The first-order chi connectivity index (χ1) is 8.58. The third kappa shape index (κ3) is 2.77. The fraction of sp³-hybridized carbons (Fsp3) is 0.333. The van der Waals surface area contributed by atoms with Gasteiger partial charge in [-0.1, -0.05) is 0 Å². The van der Waals surface area contributed by atoms with Gasteiger partial charge in [-0.05, 0) is 26.0 Å². The fourth-order valence-corrected chi connectivity index (χ4v) is 2.32. The predicted molar refractivity (Wildman–Crippen MR) is 68.6 cm³/mol. The van der Waals surface area contributed by atoms with Crippen LogP contribution >= 0.6 is 11.3 Å². The van der Waals surface area contributed by atoms with Crippen LogP contribution in [-0.2, 0) is 0 Å². The molecule has 96 valence electrons. The molecule has 0 aromatic carbocycles. The number of carbonyl (C=O) groups is 1. The highest BCUT2D eigenvalue weighted by atomic mass is 32.1. The highest BCUT2D eigenvalue weighted by Gasteiger charge is 2.17. The quantitative estimate of drug-likeness (QED) is 0.885. The van der Waals surface area contributed by atoms with Gasteiger partial charge in [-0.15, -0.1) is 11.3 Å². The maximum Gasteiger partial charge on any atom is 0.271 e. The molecule has 2 aromatic rings. The van der Waals surface area contributed by atoms with Crippen molar-refractivity contribution in [3.8, 4) is 10.8 Å². The standard InChI is InChI=1S/C12H14N2O3S/c1-7(15)6-13-11(16)10-8(2)18-12(14-10)9-4-3-5-17-9/h3-5,7,15H,6H2,1-2H3,(H,13,16). The van der Waals surface area contributed by atoms with Crippen LogP contribution in [0.4, 0.5) is 0 Å². The molecule has 0 fully saturated rings. The minimum absolute atomic E-state index is 0.214. The Balaban J connectivity index is 2.17. The van der Waals surface area contributed by atoms with E-state index in [0.717, 1.165) is 4.88 Å². The van der Waals surface area contributed by atoms with Crippen LogP contribution in [0.25, 0.3) is 10.8 Å². The van der Waals surface area contributed by atoms with Gasteiger partial charge in [0.2, 0.25) is 0 Å². The van der Waals surface area contributed by atoms with Crippen LogP contribution in [0.5, 0.6) is 0 Å². The first-order valence-electron chi connectivity index (χ1n) is 5.55. The van der Waals surface area contributed by atoms with Gasteiger partial charge in [0, 0.05) is 11.4 Å². The van der Waals surface area contributed by atoms with E-state index in [4.69, 9.17) is 9.52 Å². The third-order valence-electron chi connectivity index (χ3n) is 2.30. The number of thiazole rings is 1. The van der Waals surface area contributed by atoms with Gasteiger partial charge in [-0.2, -0.15) is 0 Å². The van der Waals surface area contributed by atoms with Gasteiger partial charge in [-0.3, -0.25) is 4.79 Å². The summed E-state index contributed by atoms with van der Waals surface area (Å²) < 4.78 is 5.24. The maximum atomic E-state index is 11.8. The second kappa shape index (κ2) is 5.32. The Morgan fingerprint density at radius 3 is 3.06 bits per heavy atom. The number of nitrogens with one attached hydrogen (secondary N) is 1. The summed E-state index contributed by atoms with van der Waals surface area (Å²) in [5, 5.41) is 12.4. The van der Waals surface area contributed by atoms with E-state index < -0.39 is 6.10 Å². The molecule has 0 bridgehead atoms. The van der Waals surface area contributed by atoms with Crippen LogP contribution in [0.1, 0.15) is 22.3 Å². The normalized spacial score (nSPS) is 12.4. The third-order valence-corrected chi connectivity index (χ3v) is 3.29. The largest absolute Gasteiger partial charge is 0.462 e. The Bertz CT molecular complexity index is 532. The molecule has 0 aliphatic carbocycles. The molecular weight excluding hydrogens is 252 g/mol. The minimum Gasteiger partial charge on any atom is -0.462 e. The van der Waals surface area contributed by atoms with E-state index in [1.807, 2.05) is 6.92 Å². The van der Waals surface area contributed by atoms with Gasteiger partial charge in [0.05, 0.1) is 12.4 Å². The van der Waals surface area contributed by atoms with Crippen molar-refractivity contribution in [1.82, 2.24) is 10.3 Å². The molecule has 0 aliphatic heterocycles. The van der Waals surface area contributed by atoms with Crippen LogP contribution < -0.4 is 5.32 Å². The van der Waals surface area contributed by atoms with Gasteiger partial charge in [0.1, 0.15) is 5.69 Å². The molecule has 1 amide bonds. The maximum absolute atomic E-state index is 11.8. The van der Waals surface area contributed by atoms with E-state index in [2.05, 4.69) is 10.3 Å². The number of aryl methyl sites for hydroxylation is 1. The van der Waals surface area contributed by atoms with Crippen molar-refractivity contribution in [2.45, 2.75) is 20.0 Å². The minimum atomic E-state index is -0.572. The van der Waals surface area contributed by atoms with Crippen molar-refractivity contribution in [1.29, 1.82) is 0 Å². The number of aliphatic hydroxyl groups is 1. The average Bonchev–Trinajstić information content (AvgIpc) is 2.94. The van der Waals surface area contributed by atoms with Crippen LogP contribution in [0.15, 0.2) is 22.8 Å². The number of hydrogen-bond acceptors (Lipinski definition) is 5. The van der Waals surface area contributed by atoms with Gasteiger partial charge < -0.3 is 14.8 Å². The Kier molecular flexibility index (Phi) is 3.78. The van der Waals surface area contributed by atoms with Gasteiger partial charge >= 0.3 is 0 Å². The van der Waals surface area contributed by atoms with Crippen molar-refractivity contribution >= 4 is 17.2 Å². The number of aromatic nitrogens is 1. The van der Waals surface area contributed by atoms with E-state index in [1.54, 1.807) is 25.3 Å². The van der Waals surface area contributed by atoms with Crippen LogP contribution in [-0.4, -0.2) is 28.6 Å². The van der Waals surface area contributed by atoms with Crippen molar-refractivity contribution in [3.63, 3.8) is 0 Å². The molecule has 5 nitrogen and oxygen atoms in total. The predicted octanol–water partition coefficient (Wildman–Crippen LogP) is 1.82. The molecule has 2 aromatic heterocycles. The number of rotatable bonds is 4. The molecule has 0 saturated carbocycles. The van der Waals surface area contributed by atoms with Gasteiger partial charge in [0.25, 0.3) is 5.91 Å². The Morgan fingerprint density at radius 2 is 2.44 bits per heavy atom. The number of amides is 1. The summed E-state index contributed by atoms with van der Waals surface area (Å²) in [5.41, 5.74) is 0.382. The summed E-state index contributed by atoms with van der Waals surface area (Å²) in [6, 6.07) is 3.58. The molecule has 1 atom stereocenters. The lowest BCUT2D eigenvalue weighted by atomic mass is 10.3. The lowest BCUT2D eigenvalue weighted by molar-refractivity contribution is 0.0919. The molecule has 2 heterocycles. The number of carbonyl (C=O) groups excluding carboxylic acids is 1. The van der Waals surface area contributed by atoms with Crippen molar-refractivity contribution in [2.24, 2.45) is 0 Å². The van der Waals surface area contributed by atoms with E-state index >= 15 is 0 Å². The zero-order valence-electron chi connectivity index (χ0n) is 10.1. The highest BCUT2D eigenvalue weighted by molar-refractivity contribution is 7.15. The van der Waals surface area contributed by atoms with Gasteiger partial charge in [-0.25, -0.2) is 4.98 Å². The zero-order chi connectivity index (χ0) is 13.1. The Labute approximate surface area is 108 Å². The molecule has 1 unspecified atom stereocenters. The number of furan rings is 1. The van der Waals surface area contributed by atoms with Crippen LogP contribution in [0.2, 0.25) is 0 Å². The van der Waals surface area contributed by atoms with Crippen molar-refractivity contribution in [3.05, 3.63) is 29.0 Å². The first kappa shape index (κ1) is 12.8. The van der Waals surface area contributed by atoms with Crippen molar-refractivity contribution in [2.75, 3.05) is 6.54 Å². The summed E-state index contributed by atoms with van der Waals surface area (Å²) in [6.45, 7) is 3.66. The number of hydrogen-bond donors (Lipinski definition) is 2. The smallest absolute Gasteiger partial charge is 0.271 e. The number of aliphatic hydroxyl groups excluding tert-OH is 1. The zero-order valence-corrected chi connectivity index (χ0v) is 11.0. The monoisotopic (exact) mass is 266 g/mol. The van der Waals surface area contributed by atoms with E-state index in [-0.39, 0.29) is 12.5 Å². The molecule has 0 saturated heterocycles. The second-order valence-corrected chi connectivity index (χ2v) is 5.16. The topological polar surface area (TPSA) is 75.4 Å². The molecule has 0 radical (unpaired) electrons. The lowest BCUT2D eigenvalue weighted by Crippen LogP contribution is -2.31. The molecule has 0 spiro atoms. The SMILES string of the molecule is Cc1sc(-c2ccco2)nc1C(=O)NCC(C)O. The summed E-state index contributed by atoms with van der Waals surface area (Å²) in [5.74, 6) is 0.375. The fourth-order valence-electron chi connectivity index (χ4n) is 1.44. The van der Waals surface area contributed by atoms with E-state index in [0.29, 0.717) is 16.5 Å². The molecular formula is C12H14N2O3S. The molecule has 2 N–H and O–H groups in total. The summed E-state index contributed by atoms with van der Waals surface area (Å²) in [7, 11) is 0. The van der Waals surface area contributed by atoms with Crippen molar-refractivity contribution < 1.29 is 14.3 Å². The number of nitrogens with zero attached hydrogens (tertiary/aromatic N) is 1. The van der Waals surface area contributed by atoms with Crippen LogP contribution in [0, 0.1) is 6.92 Å². The van der Waals surface area contributed by atoms with E-state index in [1.165, 1.54) is 11.3 Å². The summed E-state index contributed by atoms with van der Waals surface area (Å²) in [4.78, 5) is 16.9. The summed E-state index contributed by atoms with van der Waals surface area (Å²) >= 11 is 1.41. The van der Waals surface area contributed by atoms with Gasteiger partial charge in [0.15, 0.2) is 10.8 Å². The molecule has 18 heavy (non-hydrogen) atoms. The highest BCUT2D eigenvalue weighted by Crippen LogP contribution is 2.27. The Morgan fingerprint density at radius 1 is 1.67 bits per heavy atom. The summed E-state index contributed by atoms with van der Waals surface area (Å²) in [6.07, 6.45) is 0.997. The molecule has 0 aliphatic rings. The Hall–Kier alpha value is -1.66. The molecule has 6 heteroatoms.